The van der Waals surface area contributed by atoms with Crippen molar-refractivity contribution in [3.05, 3.63) is 29.3 Å². The molecule has 7 heteroatoms. The van der Waals surface area contributed by atoms with Gasteiger partial charge in [0.15, 0.2) is 0 Å². The summed E-state index contributed by atoms with van der Waals surface area (Å²) in [6, 6.07) is 5.75. The SMILES string of the molecule is CC(C)C[C@H]1NC(=O)N(C[C@H](O)COc2ccc(Cl)cc2)C1=O. The number of benzene rings is 1. The molecule has 0 aromatic heterocycles. The summed E-state index contributed by atoms with van der Waals surface area (Å²) < 4.78 is 5.42. The number of halogens is 1. The van der Waals surface area contributed by atoms with Crippen LogP contribution in [0.25, 0.3) is 0 Å². The fraction of sp³-hybridized carbons (Fsp3) is 0.500. The van der Waals surface area contributed by atoms with Gasteiger partial charge in [0.1, 0.15) is 24.5 Å². The number of urea groups is 1. The Kier molecular flexibility index (Phi) is 5.85. The van der Waals surface area contributed by atoms with E-state index in [1.54, 1.807) is 24.3 Å². The van der Waals surface area contributed by atoms with Crippen molar-refractivity contribution >= 4 is 23.5 Å². The number of carbonyl (C=O) groups is 2. The van der Waals surface area contributed by atoms with Crippen molar-refractivity contribution in [1.82, 2.24) is 10.2 Å². The van der Waals surface area contributed by atoms with Gasteiger partial charge in [-0.2, -0.15) is 0 Å². The van der Waals surface area contributed by atoms with E-state index in [0.29, 0.717) is 23.1 Å². The summed E-state index contributed by atoms with van der Waals surface area (Å²) in [5, 5.41) is 13.2. The molecular formula is C16H21ClN2O4. The molecule has 0 radical (unpaired) electrons. The molecular weight excluding hydrogens is 320 g/mol. The number of amides is 3. The largest absolute Gasteiger partial charge is 0.491 e. The Hall–Kier alpha value is -1.79. The van der Waals surface area contributed by atoms with Gasteiger partial charge in [-0.1, -0.05) is 25.4 Å². The molecule has 1 saturated heterocycles. The molecule has 1 aliphatic heterocycles. The maximum Gasteiger partial charge on any atom is 0.324 e. The Labute approximate surface area is 140 Å². The first kappa shape index (κ1) is 17.6. The molecule has 1 fully saturated rings. The van der Waals surface area contributed by atoms with Crippen molar-refractivity contribution in [2.75, 3.05) is 13.2 Å². The number of hydrogen-bond donors (Lipinski definition) is 2. The van der Waals surface area contributed by atoms with Gasteiger partial charge in [0.25, 0.3) is 5.91 Å². The summed E-state index contributed by atoms with van der Waals surface area (Å²) in [5.41, 5.74) is 0. The summed E-state index contributed by atoms with van der Waals surface area (Å²) in [5.74, 6) is 0.555. The van der Waals surface area contributed by atoms with Crippen LogP contribution in [-0.2, 0) is 4.79 Å². The van der Waals surface area contributed by atoms with E-state index in [1.165, 1.54) is 0 Å². The van der Waals surface area contributed by atoms with Crippen LogP contribution in [0.15, 0.2) is 24.3 Å². The van der Waals surface area contributed by atoms with Crippen LogP contribution in [0, 0.1) is 5.92 Å². The molecule has 23 heavy (non-hydrogen) atoms. The molecule has 1 heterocycles. The molecule has 0 spiro atoms. The van der Waals surface area contributed by atoms with Crippen LogP contribution >= 0.6 is 11.6 Å². The highest BCUT2D eigenvalue weighted by Gasteiger charge is 2.38. The van der Waals surface area contributed by atoms with Crippen LogP contribution in [0.4, 0.5) is 4.79 Å². The number of rotatable bonds is 7. The van der Waals surface area contributed by atoms with Gasteiger partial charge in [0.05, 0.1) is 6.54 Å². The molecule has 0 unspecified atom stereocenters. The van der Waals surface area contributed by atoms with E-state index in [1.807, 2.05) is 13.8 Å². The highest BCUT2D eigenvalue weighted by molar-refractivity contribution is 6.30. The van der Waals surface area contributed by atoms with Gasteiger partial charge in [-0.25, -0.2) is 4.79 Å². The highest BCUT2D eigenvalue weighted by Crippen LogP contribution is 2.17. The zero-order valence-corrected chi connectivity index (χ0v) is 13.9. The first-order chi connectivity index (χ1) is 10.9. The topological polar surface area (TPSA) is 78.9 Å². The Bertz CT molecular complexity index is 562. The quantitative estimate of drug-likeness (QED) is 0.744. The summed E-state index contributed by atoms with van der Waals surface area (Å²) >= 11 is 5.78. The molecule has 2 atom stereocenters. The van der Waals surface area contributed by atoms with E-state index < -0.39 is 18.2 Å². The maximum atomic E-state index is 12.2. The molecule has 1 aromatic rings. The normalized spacial score (nSPS) is 19.2. The van der Waals surface area contributed by atoms with Crippen LogP contribution in [0.3, 0.4) is 0 Å². The van der Waals surface area contributed by atoms with Crippen molar-refractivity contribution in [2.45, 2.75) is 32.4 Å². The lowest BCUT2D eigenvalue weighted by atomic mass is 10.0. The third-order valence-corrected chi connectivity index (χ3v) is 3.72. The molecule has 0 saturated carbocycles. The third kappa shape index (κ3) is 4.84. The Balaban J connectivity index is 1.84. The van der Waals surface area contributed by atoms with Crippen molar-refractivity contribution < 1.29 is 19.4 Å². The molecule has 2 rings (SSSR count). The third-order valence-electron chi connectivity index (χ3n) is 3.46. The van der Waals surface area contributed by atoms with Gasteiger partial charge < -0.3 is 15.2 Å². The van der Waals surface area contributed by atoms with E-state index in [4.69, 9.17) is 16.3 Å². The average molecular weight is 341 g/mol. The van der Waals surface area contributed by atoms with E-state index in [9.17, 15) is 14.7 Å². The Morgan fingerprint density at radius 2 is 1.96 bits per heavy atom. The Morgan fingerprint density at radius 3 is 2.57 bits per heavy atom. The molecule has 1 aromatic carbocycles. The summed E-state index contributed by atoms with van der Waals surface area (Å²) in [6.45, 7) is 3.86. The molecule has 6 nitrogen and oxygen atoms in total. The average Bonchev–Trinajstić information content (AvgIpc) is 2.73. The van der Waals surface area contributed by atoms with E-state index >= 15 is 0 Å². The van der Waals surface area contributed by atoms with Crippen LogP contribution in [0.2, 0.25) is 5.02 Å². The molecule has 1 aliphatic rings. The van der Waals surface area contributed by atoms with E-state index in [0.717, 1.165) is 4.90 Å². The standard InChI is InChI=1S/C16H21ClN2O4/c1-10(2)7-14-15(21)19(16(22)18-14)8-12(20)9-23-13-5-3-11(17)4-6-13/h3-6,10,12,14,20H,7-9H2,1-2H3,(H,18,22)/t12-,14+/m0/s1. The first-order valence-corrected chi connectivity index (χ1v) is 7.93. The Morgan fingerprint density at radius 1 is 1.30 bits per heavy atom. The lowest BCUT2D eigenvalue weighted by Crippen LogP contribution is -2.40. The van der Waals surface area contributed by atoms with Crippen molar-refractivity contribution in [3.63, 3.8) is 0 Å². The maximum absolute atomic E-state index is 12.2. The monoisotopic (exact) mass is 340 g/mol. The molecule has 3 amide bonds. The van der Waals surface area contributed by atoms with Crippen LogP contribution in [0.5, 0.6) is 5.75 Å². The van der Waals surface area contributed by atoms with E-state index in [-0.39, 0.29) is 19.1 Å². The second-order valence-electron chi connectivity index (χ2n) is 6.00. The lowest BCUT2D eigenvalue weighted by Gasteiger charge is -2.18. The second kappa shape index (κ2) is 7.66. The molecule has 2 N–H and O–H groups in total. The van der Waals surface area contributed by atoms with Crippen molar-refractivity contribution in [3.8, 4) is 5.75 Å². The molecule has 126 valence electrons. The summed E-state index contributed by atoms with van der Waals surface area (Å²) in [7, 11) is 0. The lowest BCUT2D eigenvalue weighted by molar-refractivity contribution is -0.128. The molecule has 0 bridgehead atoms. The number of ether oxygens (including phenoxy) is 1. The van der Waals surface area contributed by atoms with Gasteiger partial charge in [-0.05, 0) is 36.6 Å². The minimum atomic E-state index is -0.960. The van der Waals surface area contributed by atoms with Gasteiger partial charge in [-0.3, -0.25) is 9.69 Å². The van der Waals surface area contributed by atoms with Gasteiger partial charge in [0, 0.05) is 5.02 Å². The van der Waals surface area contributed by atoms with Gasteiger partial charge in [0.2, 0.25) is 0 Å². The number of aliphatic hydroxyl groups is 1. The number of nitrogens with zero attached hydrogens (tertiary/aromatic N) is 1. The van der Waals surface area contributed by atoms with Crippen LogP contribution in [0.1, 0.15) is 20.3 Å². The molecule has 0 aliphatic carbocycles. The first-order valence-electron chi connectivity index (χ1n) is 7.55. The van der Waals surface area contributed by atoms with Crippen molar-refractivity contribution in [2.24, 2.45) is 5.92 Å². The van der Waals surface area contributed by atoms with Crippen LogP contribution in [-0.4, -0.2) is 47.2 Å². The minimum Gasteiger partial charge on any atom is -0.491 e. The zero-order chi connectivity index (χ0) is 17.0. The minimum absolute atomic E-state index is 0.0203. The predicted octanol–water partition coefficient (Wildman–Crippen LogP) is 2.05. The predicted molar refractivity (Wildman–Crippen MR) is 86.4 cm³/mol. The number of β-amino-alcohol motifs (C(OH)–C–C–N with tert-alkyl or cyclic N) is 1. The number of carbonyl (C=O) groups excluding carboxylic acids is 2. The van der Waals surface area contributed by atoms with E-state index in [2.05, 4.69) is 5.32 Å². The summed E-state index contributed by atoms with van der Waals surface area (Å²) in [4.78, 5) is 25.1. The fourth-order valence-corrected chi connectivity index (χ4v) is 2.49. The highest BCUT2D eigenvalue weighted by atomic mass is 35.5. The number of imide groups is 1. The van der Waals surface area contributed by atoms with Gasteiger partial charge in [-0.15, -0.1) is 0 Å². The van der Waals surface area contributed by atoms with Crippen molar-refractivity contribution in [1.29, 1.82) is 0 Å². The van der Waals surface area contributed by atoms with Gasteiger partial charge >= 0.3 is 6.03 Å². The number of aliphatic hydroxyl groups excluding tert-OH is 1. The zero-order valence-electron chi connectivity index (χ0n) is 13.2. The number of nitrogens with one attached hydrogen (secondary N) is 1. The smallest absolute Gasteiger partial charge is 0.324 e. The van der Waals surface area contributed by atoms with Crippen LogP contribution < -0.4 is 10.1 Å². The fourth-order valence-electron chi connectivity index (χ4n) is 2.37. The second-order valence-corrected chi connectivity index (χ2v) is 6.44. The summed E-state index contributed by atoms with van der Waals surface area (Å²) in [6.07, 6.45) is -0.378. The number of hydrogen-bond acceptors (Lipinski definition) is 4.